The quantitative estimate of drug-likeness (QED) is 0.724. The first-order valence-corrected chi connectivity index (χ1v) is 8.49. The van der Waals surface area contributed by atoms with Gasteiger partial charge in [0, 0.05) is 11.0 Å². The minimum atomic E-state index is -0.171. The lowest BCUT2D eigenvalue weighted by atomic mass is 10.2. The summed E-state index contributed by atoms with van der Waals surface area (Å²) < 4.78 is 8.02. The molecule has 2 aromatic carbocycles. The summed E-state index contributed by atoms with van der Waals surface area (Å²) in [5, 5.41) is 2.94. The average molecular weight is 388 g/mol. The van der Waals surface area contributed by atoms with Gasteiger partial charge in [0.1, 0.15) is 11.6 Å². The van der Waals surface area contributed by atoms with Crippen LogP contribution in [0.3, 0.4) is 0 Å². The number of imidazole rings is 1. The Kier molecular flexibility index (Phi) is 4.85. The Labute approximate surface area is 148 Å². The first-order valence-electron chi connectivity index (χ1n) is 7.70. The maximum atomic E-state index is 12.5. The van der Waals surface area contributed by atoms with Crippen LogP contribution in [0.5, 0.6) is 5.75 Å². The Balaban J connectivity index is 1.82. The molecule has 1 amide bonds. The second-order valence-electron chi connectivity index (χ2n) is 5.29. The van der Waals surface area contributed by atoms with Crippen molar-refractivity contribution in [2.45, 2.75) is 20.0 Å². The van der Waals surface area contributed by atoms with Gasteiger partial charge in [-0.2, -0.15) is 0 Å². The minimum absolute atomic E-state index is 0.171. The van der Waals surface area contributed by atoms with Crippen LogP contribution in [-0.2, 0) is 13.1 Å². The molecule has 0 saturated carbocycles. The van der Waals surface area contributed by atoms with Gasteiger partial charge in [-0.15, -0.1) is 0 Å². The Bertz CT molecular complexity index is 889. The van der Waals surface area contributed by atoms with Crippen LogP contribution in [0, 0.1) is 0 Å². The van der Waals surface area contributed by atoms with Gasteiger partial charge in [0.2, 0.25) is 0 Å². The highest BCUT2D eigenvalue weighted by Crippen LogP contribution is 2.22. The maximum absolute atomic E-state index is 12.5. The minimum Gasteiger partial charge on any atom is -0.497 e. The largest absolute Gasteiger partial charge is 0.497 e. The average Bonchev–Trinajstić information content (AvgIpc) is 2.97. The number of carbonyl (C=O) groups excluding carboxylic acids is 1. The highest BCUT2D eigenvalue weighted by atomic mass is 79.9. The van der Waals surface area contributed by atoms with E-state index in [9.17, 15) is 4.79 Å². The van der Waals surface area contributed by atoms with Crippen molar-refractivity contribution in [2.75, 3.05) is 7.11 Å². The first kappa shape index (κ1) is 16.5. The van der Waals surface area contributed by atoms with Gasteiger partial charge in [0.05, 0.1) is 30.3 Å². The van der Waals surface area contributed by atoms with Gasteiger partial charge in [0.25, 0.3) is 5.91 Å². The van der Waals surface area contributed by atoms with E-state index in [4.69, 9.17) is 4.74 Å². The zero-order valence-electron chi connectivity index (χ0n) is 13.5. The van der Waals surface area contributed by atoms with Crippen LogP contribution < -0.4 is 10.1 Å². The molecule has 0 atom stereocenters. The number of methoxy groups -OCH3 is 1. The lowest BCUT2D eigenvalue weighted by Gasteiger charge is -2.10. The highest BCUT2D eigenvalue weighted by molar-refractivity contribution is 9.10. The van der Waals surface area contributed by atoms with E-state index >= 15 is 0 Å². The monoisotopic (exact) mass is 387 g/mol. The molecular formula is C18H18BrN3O2. The number of rotatable bonds is 5. The van der Waals surface area contributed by atoms with E-state index in [1.807, 2.05) is 24.3 Å². The van der Waals surface area contributed by atoms with Crippen molar-refractivity contribution in [3.05, 3.63) is 58.3 Å². The number of aryl methyl sites for hydroxylation is 1. The maximum Gasteiger partial charge on any atom is 0.252 e. The van der Waals surface area contributed by atoms with Crippen molar-refractivity contribution in [3.63, 3.8) is 0 Å². The summed E-state index contributed by atoms with van der Waals surface area (Å²) in [6.07, 6.45) is 0. The third-order valence-electron chi connectivity index (χ3n) is 3.88. The number of ether oxygens (including phenoxy) is 1. The summed E-state index contributed by atoms with van der Waals surface area (Å²) in [6.45, 7) is 3.23. The molecule has 0 spiro atoms. The van der Waals surface area contributed by atoms with Gasteiger partial charge in [-0.25, -0.2) is 4.98 Å². The van der Waals surface area contributed by atoms with E-state index in [-0.39, 0.29) is 5.91 Å². The molecule has 6 heteroatoms. The number of hydrogen-bond acceptors (Lipinski definition) is 3. The van der Waals surface area contributed by atoms with Crippen molar-refractivity contribution in [1.82, 2.24) is 14.9 Å². The van der Waals surface area contributed by atoms with E-state index < -0.39 is 0 Å². The third kappa shape index (κ3) is 3.14. The van der Waals surface area contributed by atoms with Crippen LogP contribution in [0.4, 0.5) is 0 Å². The molecule has 0 aliphatic rings. The number of aromatic nitrogens is 2. The molecule has 1 heterocycles. The van der Waals surface area contributed by atoms with E-state index in [2.05, 4.69) is 37.7 Å². The van der Waals surface area contributed by atoms with Crippen LogP contribution >= 0.6 is 15.9 Å². The zero-order valence-corrected chi connectivity index (χ0v) is 15.1. The number of carbonyl (C=O) groups is 1. The van der Waals surface area contributed by atoms with Crippen LogP contribution in [-0.4, -0.2) is 22.6 Å². The molecule has 124 valence electrons. The van der Waals surface area contributed by atoms with Crippen LogP contribution in [0.25, 0.3) is 11.0 Å². The standard InChI is InChI=1S/C18H18BrN3O2/c1-3-22-16-7-5-4-6-15(16)21-17(22)11-20-18(23)13-10-12(24-2)8-9-14(13)19/h4-10H,3,11H2,1-2H3,(H,20,23). The number of benzene rings is 2. The van der Waals surface area contributed by atoms with Gasteiger partial charge in [-0.05, 0) is 53.2 Å². The lowest BCUT2D eigenvalue weighted by Crippen LogP contribution is -2.25. The molecule has 0 unspecified atom stereocenters. The molecule has 0 aliphatic heterocycles. The SMILES string of the molecule is CCn1c(CNC(=O)c2cc(OC)ccc2Br)nc2ccccc21. The number of amides is 1. The van der Waals surface area contributed by atoms with Crippen molar-refractivity contribution < 1.29 is 9.53 Å². The highest BCUT2D eigenvalue weighted by Gasteiger charge is 2.14. The van der Waals surface area contributed by atoms with Crippen molar-refractivity contribution in [3.8, 4) is 5.75 Å². The Morgan fingerprint density at radius 3 is 2.83 bits per heavy atom. The molecule has 0 saturated heterocycles. The summed E-state index contributed by atoms with van der Waals surface area (Å²) in [7, 11) is 1.58. The van der Waals surface area contributed by atoms with E-state index in [1.54, 1.807) is 25.3 Å². The summed E-state index contributed by atoms with van der Waals surface area (Å²) in [5.74, 6) is 1.31. The number of para-hydroxylation sites is 2. The molecule has 3 rings (SSSR count). The summed E-state index contributed by atoms with van der Waals surface area (Å²) in [5.41, 5.74) is 2.55. The van der Waals surface area contributed by atoms with Crippen molar-refractivity contribution in [1.29, 1.82) is 0 Å². The fourth-order valence-electron chi connectivity index (χ4n) is 2.67. The summed E-state index contributed by atoms with van der Waals surface area (Å²) in [6, 6.07) is 13.3. The predicted octanol–water partition coefficient (Wildman–Crippen LogP) is 3.76. The molecule has 0 radical (unpaired) electrons. The van der Waals surface area contributed by atoms with Gasteiger partial charge in [0.15, 0.2) is 0 Å². The topological polar surface area (TPSA) is 56.2 Å². The fraction of sp³-hybridized carbons (Fsp3) is 0.222. The molecule has 1 N–H and O–H groups in total. The van der Waals surface area contributed by atoms with E-state index in [0.29, 0.717) is 17.9 Å². The number of nitrogens with zero attached hydrogens (tertiary/aromatic N) is 2. The molecule has 5 nitrogen and oxygen atoms in total. The number of hydrogen-bond donors (Lipinski definition) is 1. The molecular weight excluding hydrogens is 370 g/mol. The van der Waals surface area contributed by atoms with E-state index in [0.717, 1.165) is 27.9 Å². The van der Waals surface area contributed by atoms with Crippen molar-refractivity contribution >= 4 is 32.9 Å². The third-order valence-corrected chi connectivity index (χ3v) is 4.57. The zero-order chi connectivity index (χ0) is 17.1. The number of fused-ring (bicyclic) bond motifs is 1. The van der Waals surface area contributed by atoms with Crippen LogP contribution in [0.1, 0.15) is 23.1 Å². The van der Waals surface area contributed by atoms with E-state index in [1.165, 1.54) is 0 Å². The number of halogens is 1. The molecule has 0 fully saturated rings. The Morgan fingerprint density at radius 2 is 2.08 bits per heavy atom. The first-order chi connectivity index (χ1) is 11.6. The molecule has 1 aromatic heterocycles. The van der Waals surface area contributed by atoms with Crippen LogP contribution in [0.2, 0.25) is 0 Å². The Hall–Kier alpha value is -2.34. The molecule has 0 aliphatic carbocycles. The second kappa shape index (κ2) is 7.05. The van der Waals surface area contributed by atoms with Crippen LogP contribution in [0.15, 0.2) is 46.9 Å². The molecule has 24 heavy (non-hydrogen) atoms. The van der Waals surface area contributed by atoms with Gasteiger partial charge >= 0.3 is 0 Å². The van der Waals surface area contributed by atoms with Crippen molar-refractivity contribution in [2.24, 2.45) is 0 Å². The van der Waals surface area contributed by atoms with Gasteiger partial charge in [-0.3, -0.25) is 4.79 Å². The second-order valence-corrected chi connectivity index (χ2v) is 6.14. The number of nitrogens with one attached hydrogen (secondary N) is 1. The summed E-state index contributed by atoms with van der Waals surface area (Å²) in [4.78, 5) is 17.1. The predicted molar refractivity (Wildman–Crippen MR) is 97.3 cm³/mol. The van der Waals surface area contributed by atoms with Gasteiger partial charge < -0.3 is 14.6 Å². The Morgan fingerprint density at radius 1 is 1.29 bits per heavy atom. The smallest absolute Gasteiger partial charge is 0.252 e. The molecule has 0 bridgehead atoms. The molecule has 3 aromatic rings. The normalized spacial score (nSPS) is 10.8. The van der Waals surface area contributed by atoms with Gasteiger partial charge in [-0.1, -0.05) is 12.1 Å². The summed E-state index contributed by atoms with van der Waals surface area (Å²) >= 11 is 3.41. The lowest BCUT2D eigenvalue weighted by molar-refractivity contribution is 0.0948. The fourth-order valence-corrected chi connectivity index (χ4v) is 3.10.